The number of nitrogens with zero attached hydrogens (tertiary/aromatic N) is 10. The van der Waals surface area contributed by atoms with E-state index in [0.717, 1.165) is 6.07 Å². The summed E-state index contributed by atoms with van der Waals surface area (Å²) < 4.78 is 44.1. The molecule has 2 aromatic heterocycles. The maximum atomic E-state index is 14.7. The lowest BCUT2D eigenvalue weighted by molar-refractivity contribution is -0.137. The molecule has 4 aromatic carbocycles. The topological polar surface area (TPSA) is 183 Å². The third-order valence-corrected chi connectivity index (χ3v) is 8.16. The van der Waals surface area contributed by atoms with Crippen LogP contribution in [0.4, 0.5) is 13.2 Å². The SMILES string of the molecule is Cc1cc2c(cc1-c1ccc3nc(C#N)c(C#N)nc3c1)/C(=N/C#N)c1cc(-c3ccc4nc(C#N)c(C#N)nc4c3)c(C(F)(F)F)cc1-2. The Balaban J connectivity index is 1.42. The predicted octanol–water partition coefficient (Wildman–Crippen LogP) is 7.02. The fraction of sp³-hybridized carbons (Fsp3) is 0.0556. The molecule has 1 aliphatic rings. The second-order valence-corrected chi connectivity index (χ2v) is 10.9. The molecular formula is C36H13F3N10. The second kappa shape index (κ2) is 11.1. The summed E-state index contributed by atoms with van der Waals surface area (Å²) in [5, 5.41) is 47.1. The van der Waals surface area contributed by atoms with Gasteiger partial charge < -0.3 is 0 Å². The zero-order valence-electron chi connectivity index (χ0n) is 24.9. The number of aryl methyl sites for hydroxylation is 1. The van der Waals surface area contributed by atoms with Crippen LogP contribution in [0.5, 0.6) is 0 Å². The van der Waals surface area contributed by atoms with Gasteiger partial charge in [0.2, 0.25) is 6.19 Å². The first-order valence-electron chi connectivity index (χ1n) is 14.2. The van der Waals surface area contributed by atoms with Crippen molar-refractivity contribution < 1.29 is 13.2 Å². The van der Waals surface area contributed by atoms with E-state index in [9.17, 15) is 39.5 Å². The molecule has 0 aliphatic heterocycles. The zero-order chi connectivity index (χ0) is 34.6. The summed E-state index contributed by atoms with van der Waals surface area (Å²) in [5.41, 5.74) is 3.13. The standard InChI is InChI=1S/C36H13F3N10/c1-17-6-22-23-11-26(36(37,38)39)21(19-3-5-28-30(8-19)49-34(15-43)32(13-41)47-28)10-25(23)35(45-16-44)24(22)9-20(17)18-2-4-27-29(7-18)48-33(14-42)31(12-40)46-27/h2-11H,1H3/b45-35-. The van der Waals surface area contributed by atoms with Gasteiger partial charge in [-0.15, -0.1) is 0 Å². The van der Waals surface area contributed by atoms with E-state index in [-0.39, 0.29) is 56.2 Å². The number of benzene rings is 4. The summed E-state index contributed by atoms with van der Waals surface area (Å²) >= 11 is 0. The molecule has 228 valence electrons. The molecule has 0 unspecified atom stereocenters. The largest absolute Gasteiger partial charge is 0.417 e. The number of rotatable bonds is 2. The molecule has 0 radical (unpaired) electrons. The molecule has 6 aromatic rings. The van der Waals surface area contributed by atoms with Crippen molar-refractivity contribution in [2.75, 3.05) is 0 Å². The van der Waals surface area contributed by atoms with Gasteiger partial charge in [0, 0.05) is 11.1 Å². The molecule has 0 spiro atoms. The molecule has 1 aliphatic carbocycles. The molecule has 7 rings (SSSR count). The lowest BCUT2D eigenvalue weighted by atomic mass is 9.92. The van der Waals surface area contributed by atoms with Gasteiger partial charge in [0.25, 0.3) is 0 Å². The summed E-state index contributed by atoms with van der Waals surface area (Å²) in [5.74, 6) is 0. The zero-order valence-corrected chi connectivity index (χ0v) is 24.9. The Hall–Kier alpha value is -7.53. The first-order chi connectivity index (χ1) is 23.6. The summed E-state index contributed by atoms with van der Waals surface area (Å²) in [6.07, 6.45) is -3.00. The Morgan fingerprint density at radius 3 is 1.45 bits per heavy atom. The molecule has 0 saturated carbocycles. The average Bonchev–Trinajstić information content (AvgIpc) is 3.39. The monoisotopic (exact) mass is 642 g/mol. The van der Waals surface area contributed by atoms with Crippen molar-refractivity contribution in [3.63, 3.8) is 0 Å². The molecule has 49 heavy (non-hydrogen) atoms. The van der Waals surface area contributed by atoms with Gasteiger partial charge in [0.1, 0.15) is 24.3 Å². The second-order valence-electron chi connectivity index (χ2n) is 10.9. The van der Waals surface area contributed by atoms with Crippen LogP contribution in [0, 0.1) is 63.7 Å². The molecule has 0 saturated heterocycles. The van der Waals surface area contributed by atoms with E-state index in [1.165, 1.54) is 24.3 Å². The minimum Gasteiger partial charge on any atom is -0.232 e. The van der Waals surface area contributed by atoms with Crippen LogP contribution in [-0.4, -0.2) is 25.6 Å². The molecule has 0 N–H and O–H groups in total. The van der Waals surface area contributed by atoms with Crippen LogP contribution in [0.1, 0.15) is 45.0 Å². The number of hydrogen-bond donors (Lipinski definition) is 0. The molecule has 0 fully saturated rings. The van der Waals surface area contributed by atoms with E-state index in [1.54, 1.807) is 55.6 Å². The van der Waals surface area contributed by atoms with Crippen molar-refractivity contribution in [1.29, 1.82) is 26.3 Å². The van der Waals surface area contributed by atoms with Crippen LogP contribution < -0.4 is 0 Å². The molecule has 0 atom stereocenters. The van der Waals surface area contributed by atoms with Gasteiger partial charge in [-0.25, -0.2) is 19.9 Å². The van der Waals surface area contributed by atoms with E-state index >= 15 is 0 Å². The average molecular weight is 643 g/mol. The van der Waals surface area contributed by atoms with E-state index in [0.29, 0.717) is 44.4 Å². The number of alkyl halides is 3. The summed E-state index contributed by atoms with van der Waals surface area (Å²) in [6, 6.07) is 22.5. The number of aliphatic imine (C=N–C) groups is 1. The van der Waals surface area contributed by atoms with Gasteiger partial charge in [-0.2, -0.15) is 44.5 Å². The Morgan fingerprint density at radius 1 is 0.531 bits per heavy atom. The minimum absolute atomic E-state index is 0.0964. The normalized spacial score (nSPS) is 12.4. The van der Waals surface area contributed by atoms with Crippen molar-refractivity contribution in [1.82, 2.24) is 19.9 Å². The summed E-state index contributed by atoms with van der Waals surface area (Å²) in [4.78, 5) is 20.8. The van der Waals surface area contributed by atoms with Crippen molar-refractivity contribution in [3.05, 3.63) is 106 Å². The van der Waals surface area contributed by atoms with E-state index < -0.39 is 11.7 Å². The van der Waals surface area contributed by atoms with Crippen LogP contribution in [0.3, 0.4) is 0 Å². The summed E-state index contributed by atoms with van der Waals surface area (Å²) in [7, 11) is 0. The van der Waals surface area contributed by atoms with Crippen LogP contribution in [0.25, 0.3) is 55.4 Å². The quantitative estimate of drug-likeness (QED) is 0.179. The maximum absolute atomic E-state index is 14.7. The first-order valence-corrected chi connectivity index (χ1v) is 14.2. The van der Waals surface area contributed by atoms with Crippen molar-refractivity contribution >= 4 is 27.8 Å². The van der Waals surface area contributed by atoms with Gasteiger partial charge >= 0.3 is 6.18 Å². The molecular weight excluding hydrogens is 629 g/mol. The maximum Gasteiger partial charge on any atom is 0.417 e. The number of hydrogen-bond acceptors (Lipinski definition) is 10. The molecule has 2 heterocycles. The predicted molar refractivity (Wildman–Crippen MR) is 169 cm³/mol. The Bertz CT molecular complexity index is 2730. The van der Waals surface area contributed by atoms with Gasteiger partial charge in [-0.3, -0.25) is 0 Å². The van der Waals surface area contributed by atoms with Gasteiger partial charge in [0.15, 0.2) is 22.8 Å². The molecule has 10 nitrogen and oxygen atoms in total. The Labute approximate surface area is 274 Å². The smallest absolute Gasteiger partial charge is 0.232 e. The highest BCUT2D eigenvalue weighted by atomic mass is 19.4. The highest BCUT2D eigenvalue weighted by Crippen LogP contribution is 2.47. The fourth-order valence-corrected chi connectivity index (χ4v) is 6.00. The molecule has 13 heteroatoms. The third-order valence-electron chi connectivity index (χ3n) is 8.16. The van der Waals surface area contributed by atoms with Crippen LogP contribution >= 0.6 is 0 Å². The van der Waals surface area contributed by atoms with Gasteiger partial charge in [-0.1, -0.05) is 18.2 Å². The molecule has 0 bridgehead atoms. The van der Waals surface area contributed by atoms with Gasteiger partial charge in [-0.05, 0) is 88.3 Å². The lowest BCUT2D eigenvalue weighted by Crippen LogP contribution is -2.09. The highest BCUT2D eigenvalue weighted by molar-refractivity contribution is 6.26. The van der Waals surface area contributed by atoms with Crippen molar-refractivity contribution in [3.8, 4) is 63.9 Å². The first kappa shape index (κ1) is 30.1. The Kier molecular flexibility index (Phi) is 6.81. The molecule has 0 amide bonds. The number of fused-ring (bicyclic) bond motifs is 5. The van der Waals surface area contributed by atoms with Crippen LogP contribution in [-0.2, 0) is 6.18 Å². The van der Waals surface area contributed by atoms with Crippen LogP contribution in [0.2, 0.25) is 0 Å². The fourth-order valence-electron chi connectivity index (χ4n) is 6.00. The van der Waals surface area contributed by atoms with Crippen molar-refractivity contribution in [2.24, 2.45) is 4.99 Å². The van der Waals surface area contributed by atoms with Crippen LogP contribution in [0.15, 0.2) is 65.7 Å². The third kappa shape index (κ3) is 4.82. The minimum atomic E-state index is -4.78. The lowest BCUT2D eigenvalue weighted by Gasteiger charge is -2.16. The van der Waals surface area contributed by atoms with Crippen molar-refractivity contribution in [2.45, 2.75) is 13.1 Å². The number of aromatic nitrogens is 4. The van der Waals surface area contributed by atoms with E-state index in [2.05, 4.69) is 24.9 Å². The van der Waals surface area contributed by atoms with E-state index in [4.69, 9.17) is 0 Å². The number of nitriles is 5. The Morgan fingerprint density at radius 2 is 0.980 bits per heavy atom. The summed E-state index contributed by atoms with van der Waals surface area (Å²) in [6.45, 7) is 1.80. The van der Waals surface area contributed by atoms with Gasteiger partial charge in [0.05, 0.1) is 33.3 Å². The highest BCUT2D eigenvalue weighted by Gasteiger charge is 2.37. The number of halogens is 3. The van der Waals surface area contributed by atoms with E-state index in [1.807, 2.05) is 12.1 Å².